The molecule has 88 valence electrons. The summed E-state index contributed by atoms with van der Waals surface area (Å²) in [4.78, 5) is 4.37. The highest BCUT2D eigenvalue weighted by molar-refractivity contribution is 5.84. The Morgan fingerprint density at radius 3 is 2.56 bits per heavy atom. The number of para-hydroxylation sites is 1. The minimum atomic E-state index is 0.566. The van der Waals surface area contributed by atoms with Crippen LogP contribution in [0.4, 0.5) is 0 Å². The van der Waals surface area contributed by atoms with Gasteiger partial charge in [-0.25, -0.2) is 0 Å². The van der Waals surface area contributed by atoms with Crippen LogP contribution in [-0.4, -0.2) is 4.98 Å². The van der Waals surface area contributed by atoms with Gasteiger partial charge in [0.05, 0.1) is 0 Å². The highest BCUT2D eigenvalue weighted by Crippen LogP contribution is 2.23. The molecule has 18 heavy (non-hydrogen) atoms. The van der Waals surface area contributed by atoms with Crippen LogP contribution in [0.2, 0.25) is 0 Å². The molecule has 0 spiro atoms. The van der Waals surface area contributed by atoms with E-state index in [2.05, 4.69) is 17.1 Å². The quantitative estimate of drug-likeness (QED) is 0.688. The van der Waals surface area contributed by atoms with Gasteiger partial charge < -0.3 is 4.74 Å². The van der Waals surface area contributed by atoms with Gasteiger partial charge in [0.25, 0.3) is 0 Å². The van der Waals surface area contributed by atoms with E-state index in [1.54, 1.807) is 6.20 Å². The Morgan fingerprint density at radius 2 is 1.67 bits per heavy atom. The maximum atomic E-state index is 5.84. The minimum Gasteiger partial charge on any atom is -0.487 e. The van der Waals surface area contributed by atoms with Crippen LogP contribution in [0.5, 0.6) is 5.75 Å². The van der Waals surface area contributed by atoms with Crippen molar-refractivity contribution in [3.63, 3.8) is 0 Å². The molecule has 2 aromatic carbocycles. The van der Waals surface area contributed by atoms with E-state index in [4.69, 9.17) is 4.74 Å². The first kappa shape index (κ1) is 10.8. The molecule has 3 rings (SSSR count). The van der Waals surface area contributed by atoms with Gasteiger partial charge in [0.1, 0.15) is 17.9 Å². The predicted octanol–water partition coefficient (Wildman–Crippen LogP) is 3.81. The zero-order valence-electron chi connectivity index (χ0n) is 9.91. The van der Waals surface area contributed by atoms with Crippen LogP contribution in [0, 0.1) is 0 Å². The average Bonchev–Trinajstić information content (AvgIpc) is 2.46. The highest BCUT2D eigenvalue weighted by Gasteiger charge is 2.02. The van der Waals surface area contributed by atoms with Gasteiger partial charge in [-0.05, 0) is 17.7 Å². The van der Waals surface area contributed by atoms with E-state index < -0.39 is 0 Å². The number of pyridine rings is 1. The lowest BCUT2D eigenvalue weighted by atomic mass is 10.2. The van der Waals surface area contributed by atoms with Crippen molar-refractivity contribution in [2.75, 3.05) is 0 Å². The second-order valence-corrected chi connectivity index (χ2v) is 4.11. The number of nitrogens with zero attached hydrogens (tertiary/aromatic N) is 1. The monoisotopic (exact) mass is 235 g/mol. The third-order valence-electron chi connectivity index (χ3n) is 2.83. The van der Waals surface area contributed by atoms with Crippen molar-refractivity contribution in [3.05, 3.63) is 72.4 Å². The Morgan fingerprint density at radius 1 is 0.833 bits per heavy atom. The standard InChI is InChI=1S/C16H13NO/c1-2-6-13(7-3-1)12-18-15-10-4-8-14-9-5-11-17-16(14)15/h1-11H,12H2. The summed E-state index contributed by atoms with van der Waals surface area (Å²) in [7, 11) is 0. The molecule has 0 saturated heterocycles. The fourth-order valence-corrected chi connectivity index (χ4v) is 1.93. The Labute approximate surface area is 106 Å². The van der Waals surface area contributed by atoms with Crippen molar-refractivity contribution < 1.29 is 4.74 Å². The van der Waals surface area contributed by atoms with Crippen molar-refractivity contribution in [2.45, 2.75) is 6.61 Å². The summed E-state index contributed by atoms with van der Waals surface area (Å²) in [6.07, 6.45) is 1.79. The van der Waals surface area contributed by atoms with Crippen LogP contribution < -0.4 is 4.74 Å². The van der Waals surface area contributed by atoms with E-state index in [1.165, 1.54) is 0 Å². The Kier molecular flexibility index (Phi) is 2.92. The molecule has 0 fully saturated rings. The summed E-state index contributed by atoms with van der Waals surface area (Å²) in [6, 6.07) is 20.1. The van der Waals surface area contributed by atoms with Gasteiger partial charge in [0, 0.05) is 11.6 Å². The zero-order chi connectivity index (χ0) is 12.2. The van der Waals surface area contributed by atoms with Crippen LogP contribution in [0.1, 0.15) is 5.56 Å². The third-order valence-corrected chi connectivity index (χ3v) is 2.83. The topological polar surface area (TPSA) is 22.1 Å². The van der Waals surface area contributed by atoms with E-state index in [-0.39, 0.29) is 0 Å². The summed E-state index contributed by atoms with van der Waals surface area (Å²) >= 11 is 0. The SMILES string of the molecule is c1ccc(COc2cccc3cccnc23)cc1. The molecule has 0 aliphatic carbocycles. The first-order chi connectivity index (χ1) is 8.93. The van der Waals surface area contributed by atoms with Crippen LogP contribution in [0.3, 0.4) is 0 Å². The predicted molar refractivity (Wildman–Crippen MR) is 72.5 cm³/mol. The van der Waals surface area contributed by atoms with Gasteiger partial charge in [-0.2, -0.15) is 0 Å². The summed E-state index contributed by atoms with van der Waals surface area (Å²) in [5.74, 6) is 0.831. The number of fused-ring (bicyclic) bond motifs is 1. The van der Waals surface area contributed by atoms with Crippen LogP contribution in [0.15, 0.2) is 66.9 Å². The molecule has 0 saturated carbocycles. The fraction of sp³-hybridized carbons (Fsp3) is 0.0625. The number of hydrogen-bond donors (Lipinski definition) is 0. The van der Waals surface area contributed by atoms with Crippen LogP contribution in [0.25, 0.3) is 10.9 Å². The zero-order valence-corrected chi connectivity index (χ0v) is 9.91. The summed E-state index contributed by atoms with van der Waals surface area (Å²) in [5, 5.41) is 1.10. The van der Waals surface area contributed by atoms with Gasteiger partial charge in [-0.1, -0.05) is 48.5 Å². The number of rotatable bonds is 3. The first-order valence-electron chi connectivity index (χ1n) is 5.94. The van der Waals surface area contributed by atoms with Gasteiger partial charge in [-0.3, -0.25) is 4.98 Å². The lowest BCUT2D eigenvalue weighted by Gasteiger charge is -2.08. The number of benzene rings is 2. The Hall–Kier alpha value is -2.35. The smallest absolute Gasteiger partial charge is 0.146 e. The van der Waals surface area contributed by atoms with Crippen molar-refractivity contribution in [1.82, 2.24) is 4.98 Å². The molecule has 2 nitrogen and oxygen atoms in total. The second-order valence-electron chi connectivity index (χ2n) is 4.11. The minimum absolute atomic E-state index is 0.566. The molecular formula is C16H13NO. The molecule has 0 amide bonds. The van der Waals surface area contributed by atoms with E-state index >= 15 is 0 Å². The molecule has 0 N–H and O–H groups in total. The maximum absolute atomic E-state index is 5.84. The lowest BCUT2D eigenvalue weighted by molar-refractivity contribution is 0.309. The summed E-state index contributed by atoms with van der Waals surface area (Å²) in [5.41, 5.74) is 2.07. The van der Waals surface area contributed by atoms with Gasteiger partial charge in [0.2, 0.25) is 0 Å². The molecule has 0 aliphatic rings. The molecule has 0 unspecified atom stereocenters. The molecule has 0 radical (unpaired) electrons. The fourth-order valence-electron chi connectivity index (χ4n) is 1.93. The van der Waals surface area contributed by atoms with Gasteiger partial charge in [-0.15, -0.1) is 0 Å². The molecule has 0 bridgehead atoms. The van der Waals surface area contributed by atoms with Crippen molar-refractivity contribution >= 4 is 10.9 Å². The molecule has 2 heteroatoms. The average molecular weight is 235 g/mol. The van der Waals surface area contributed by atoms with E-state index in [9.17, 15) is 0 Å². The van der Waals surface area contributed by atoms with E-state index in [1.807, 2.05) is 48.5 Å². The molecule has 1 heterocycles. The van der Waals surface area contributed by atoms with Crippen molar-refractivity contribution in [3.8, 4) is 5.75 Å². The molecule has 0 atom stereocenters. The normalized spacial score (nSPS) is 10.4. The third kappa shape index (κ3) is 2.18. The highest BCUT2D eigenvalue weighted by atomic mass is 16.5. The van der Waals surface area contributed by atoms with Crippen molar-refractivity contribution in [2.24, 2.45) is 0 Å². The molecule has 3 aromatic rings. The largest absolute Gasteiger partial charge is 0.487 e. The summed E-state index contributed by atoms with van der Waals surface area (Å²) in [6.45, 7) is 0.566. The maximum Gasteiger partial charge on any atom is 0.146 e. The van der Waals surface area contributed by atoms with Crippen molar-refractivity contribution in [1.29, 1.82) is 0 Å². The molecular weight excluding hydrogens is 222 g/mol. The number of aromatic nitrogens is 1. The van der Waals surface area contributed by atoms with Crippen LogP contribution in [-0.2, 0) is 6.61 Å². The Bertz CT molecular complexity index is 644. The second kappa shape index (κ2) is 4.88. The summed E-state index contributed by atoms with van der Waals surface area (Å²) < 4.78 is 5.84. The molecule has 0 aliphatic heterocycles. The Balaban J connectivity index is 1.87. The van der Waals surface area contributed by atoms with Crippen LogP contribution >= 0.6 is 0 Å². The van der Waals surface area contributed by atoms with E-state index in [0.717, 1.165) is 22.2 Å². The number of ether oxygens (including phenoxy) is 1. The lowest BCUT2D eigenvalue weighted by Crippen LogP contribution is -1.96. The van der Waals surface area contributed by atoms with Gasteiger partial charge >= 0.3 is 0 Å². The molecule has 1 aromatic heterocycles. The number of hydrogen-bond acceptors (Lipinski definition) is 2. The van der Waals surface area contributed by atoms with Gasteiger partial charge in [0.15, 0.2) is 0 Å². The van der Waals surface area contributed by atoms with E-state index in [0.29, 0.717) is 6.61 Å². The first-order valence-corrected chi connectivity index (χ1v) is 5.94.